The van der Waals surface area contributed by atoms with Crippen molar-refractivity contribution in [3.63, 3.8) is 0 Å². The Hall–Kier alpha value is -1.07. The maximum Gasteiger partial charge on any atom is 0.356 e. The lowest BCUT2D eigenvalue weighted by molar-refractivity contribution is 0.387. The van der Waals surface area contributed by atoms with E-state index in [0.29, 0.717) is 18.4 Å². The van der Waals surface area contributed by atoms with E-state index in [-0.39, 0.29) is 5.30 Å². The van der Waals surface area contributed by atoms with Gasteiger partial charge in [-0.2, -0.15) is 0 Å². The second-order valence-corrected chi connectivity index (χ2v) is 5.15. The van der Waals surface area contributed by atoms with Crippen molar-refractivity contribution in [1.29, 1.82) is 0 Å². The minimum absolute atomic E-state index is 0.135. The van der Waals surface area contributed by atoms with E-state index in [1.165, 1.54) is 6.07 Å². The molecule has 0 aliphatic heterocycles. The zero-order valence-corrected chi connectivity index (χ0v) is 9.86. The van der Waals surface area contributed by atoms with Crippen molar-refractivity contribution in [3.05, 3.63) is 29.8 Å². The van der Waals surface area contributed by atoms with Crippen LogP contribution in [0, 0.1) is 12.3 Å². The molecule has 0 heterocycles. The molecule has 0 unspecified atom stereocenters. The van der Waals surface area contributed by atoms with E-state index in [1.54, 1.807) is 18.2 Å². The van der Waals surface area contributed by atoms with Crippen LogP contribution in [0.25, 0.3) is 0 Å². The molecule has 0 saturated carbocycles. The van der Waals surface area contributed by atoms with Crippen molar-refractivity contribution in [1.82, 2.24) is 0 Å². The van der Waals surface area contributed by atoms with Gasteiger partial charge in [-0.05, 0) is 30.9 Å². The van der Waals surface area contributed by atoms with Gasteiger partial charge in [0.15, 0.2) is 0 Å². The van der Waals surface area contributed by atoms with Crippen LogP contribution >= 0.6 is 7.60 Å². The maximum absolute atomic E-state index is 11.2. The van der Waals surface area contributed by atoms with Gasteiger partial charge in [0.1, 0.15) is 0 Å². The molecule has 0 aliphatic rings. The summed E-state index contributed by atoms with van der Waals surface area (Å²) in [5.41, 5.74) is 0.716. The van der Waals surface area contributed by atoms with Gasteiger partial charge in [-0.15, -0.1) is 12.3 Å². The minimum atomic E-state index is -4.15. The number of unbranched alkanes of at least 4 members (excludes halogenated alkanes) is 2. The van der Waals surface area contributed by atoms with Crippen LogP contribution in [0.4, 0.5) is 0 Å². The van der Waals surface area contributed by atoms with Crippen LogP contribution in [-0.2, 0) is 11.0 Å². The van der Waals surface area contributed by atoms with E-state index in [1.807, 2.05) is 0 Å². The Morgan fingerprint density at radius 2 is 1.94 bits per heavy atom. The fourth-order valence-corrected chi connectivity index (χ4v) is 2.39. The molecule has 1 aromatic carbocycles. The Balaban J connectivity index is 2.73. The van der Waals surface area contributed by atoms with Gasteiger partial charge < -0.3 is 9.79 Å². The number of hydrogen-bond acceptors (Lipinski definition) is 1. The van der Waals surface area contributed by atoms with Gasteiger partial charge in [0, 0.05) is 6.42 Å². The van der Waals surface area contributed by atoms with E-state index in [9.17, 15) is 4.57 Å². The van der Waals surface area contributed by atoms with Crippen LogP contribution in [0.1, 0.15) is 24.8 Å². The molecule has 3 nitrogen and oxygen atoms in total. The molecular formula is C12H15O3P. The van der Waals surface area contributed by atoms with Crippen molar-refractivity contribution in [3.8, 4) is 12.3 Å². The Kier molecular flexibility index (Phi) is 4.76. The van der Waals surface area contributed by atoms with Gasteiger partial charge in [-0.1, -0.05) is 18.2 Å². The predicted octanol–water partition coefficient (Wildman–Crippen LogP) is 1.84. The molecule has 16 heavy (non-hydrogen) atoms. The smallest absolute Gasteiger partial charge is 0.321 e. The summed E-state index contributed by atoms with van der Waals surface area (Å²) < 4.78 is 11.2. The van der Waals surface area contributed by atoms with Gasteiger partial charge in [0.05, 0.1) is 5.30 Å². The Bertz CT molecular complexity index is 428. The monoisotopic (exact) mass is 238 g/mol. The normalized spacial score (nSPS) is 11.1. The maximum atomic E-state index is 11.2. The number of terminal acetylenes is 1. The van der Waals surface area contributed by atoms with Crippen LogP contribution in [0.2, 0.25) is 0 Å². The summed E-state index contributed by atoms with van der Waals surface area (Å²) in [4.78, 5) is 18.3. The van der Waals surface area contributed by atoms with Gasteiger partial charge in [0.2, 0.25) is 0 Å². The number of hydrogen-bond donors (Lipinski definition) is 2. The van der Waals surface area contributed by atoms with E-state index in [2.05, 4.69) is 5.92 Å². The highest BCUT2D eigenvalue weighted by molar-refractivity contribution is 7.60. The van der Waals surface area contributed by atoms with Crippen molar-refractivity contribution in [2.45, 2.75) is 25.7 Å². The zero-order chi connectivity index (χ0) is 12.0. The molecule has 0 aromatic heterocycles. The van der Waals surface area contributed by atoms with Crippen LogP contribution in [0.5, 0.6) is 0 Å². The van der Waals surface area contributed by atoms with Crippen molar-refractivity contribution in [2.24, 2.45) is 0 Å². The molecule has 0 amide bonds. The molecule has 1 aromatic rings. The van der Waals surface area contributed by atoms with Crippen LogP contribution in [-0.4, -0.2) is 9.79 Å². The van der Waals surface area contributed by atoms with Crippen LogP contribution in [0.3, 0.4) is 0 Å². The van der Waals surface area contributed by atoms with E-state index < -0.39 is 7.60 Å². The SMILES string of the molecule is C#CCCCCc1ccccc1P(=O)(O)O. The second kappa shape index (κ2) is 5.86. The molecule has 86 valence electrons. The van der Waals surface area contributed by atoms with Gasteiger partial charge in [0.25, 0.3) is 0 Å². The summed E-state index contributed by atoms with van der Waals surface area (Å²) in [6.45, 7) is 0. The first-order valence-corrected chi connectivity index (χ1v) is 6.74. The molecule has 0 spiro atoms. The summed E-state index contributed by atoms with van der Waals surface area (Å²) in [6, 6.07) is 6.66. The molecule has 0 aliphatic carbocycles. The number of rotatable bonds is 5. The lowest BCUT2D eigenvalue weighted by Crippen LogP contribution is -2.10. The first kappa shape index (κ1) is 13.0. The molecule has 0 atom stereocenters. The largest absolute Gasteiger partial charge is 0.356 e. The van der Waals surface area contributed by atoms with Gasteiger partial charge >= 0.3 is 7.60 Å². The van der Waals surface area contributed by atoms with Gasteiger partial charge in [-0.25, -0.2) is 0 Å². The van der Waals surface area contributed by atoms with Crippen LogP contribution in [0.15, 0.2) is 24.3 Å². The van der Waals surface area contributed by atoms with Crippen LogP contribution < -0.4 is 5.30 Å². The standard InChI is InChI=1S/C12H15O3P/c1-2-3-4-5-8-11-9-6-7-10-12(11)16(13,14)15/h1,6-7,9-10H,3-5,8H2,(H2,13,14,15). The average molecular weight is 238 g/mol. The lowest BCUT2D eigenvalue weighted by Gasteiger charge is -2.10. The first-order chi connectivity index (χ1) is 7.55. The van der Waals surface area contributed by atoms with E-state index in [0.717, 1.165) is 12.8 Å². The third-order valence-corrected chi connectivity index (χ3v) is 3.39. The summed E-state index contributed by atoms with van der Waals surface area (Å²) in [6.07, 6.45) is 8.22. The first-order valence-electron chi connectivity index (χ1n) is 5.13. The fraction of sp³-hybridized carbons (Fsp3) is 0.333. The lowest BCUT2D eigenvalue weighted by atomic mass is 10.1. The Morgan fingerprint density at radius 1 is 1.25 bits per heavy atom. The number of benzene rings is 1. The molecule has 0 saturated heterocycles. The molecule has 0 fully saturated rings. The quantitative estimate of drug-likeness (QED) is 0.467. The number of aryl methyl sites for hydroxylation is 1. The Labute approximate surface area is 95.7 Å². The average Bonchev–Trinajstić information content (AvgIpc) is 2.24. The van der Waals surface area contributed by atoms with Gasteiger partial charge in [-0.3, -0.25) is 4.57 Å². The molecule has 2 N–H and O–H groups in total. The summed E-state index contributed by atoms with van der Waals surface area (Å²) >= 11 is 0. The molecular weight excluding hydrogens is 223 g/mol. The summed E-state index contributed by atoms with van der Waals surface area (Å²) in [5.74, 6) is 2.55. The third kappa shape index (κ3) is 3.83. The third-order valence-electron chi connectivity index (χ3n) is 2.32. The van der Waals surface area contributed by atoms with E-state index >= 15 is 0 Å². The highest BCUT2D eigenvalue weighted by atomic mass is 31.2. The van der Waals surface area contributed by atoms with Crippen molar-refractivity contribution >= 4 is 12.9 Å². The second-order valence-electron chi connectivity index (χ2n) is 3.58. The highest BCUT2D eigenvalue weighted by Gasteiger charge is 2.20. The minimum Gasteiger partial charge on any atom is -0.321 e. The molecule has 0 bridgehead atoms. The Morgan fingerprint density at radius 3 is 2.56 bits per heavy atom. The van der Waals surface area contributed by atoms with Crippen molar-refractivity contribution < 1.29 is 14.4 Å². The fourth-order valence-electron chi connectivity index (χ4n) is 1.55. The highest BCUT2D eigenvalue weighted by Crippen LogP contribution is 2.34. The summed E-state index contributed by atoms with van der Waals surface area (Å²) in [5, 5.41) is 0.135. The zero-order valence-electron chi connectivity index (χ0n) is 8.97. The predicted molar refractivity (Wildman–Crippen MR) is 64.5 cm³/mol. The van der Waals surface area contributed by atoms with Crippen molar-refractivity contribution in [2.75, 3.05) is 0 Å². The topological polar surface area (TPSA) is 57.5 Å². The summed E-state index contributed by atoms with van der Waals surface area (Å²) in [7, 11) is -4.15. The molecule has 0 radical (unpaired) electrons. The molecule has 4 heteroatoms. The van der Waals surface area contributed by atoms with E-state index in [4.69, 9.17) is 16.2 Å². The molecule has 1 rings (SSSR count).